The Morgan fingerprint density at radius 2 is 2.25 bits per heavy atom. The molecule has 2 heterocycles. The monoisotopic (exact) mass is 216 g/mol. The number of aromatic nitrogens is 2. The summed E-state index contributed by atoms with van der Waals surface area (Å²) in [5.41, 5.74) is 2.25. The molecule has 0 spiro atoms. The fourth-order valence-electron chi connectivity index (χ4n) is 2.66. The highest BCUT2D eigenvalue weighted by atomic mass is 16.3. The molecule has 0 aliphatic heterocycles. The molecule has 0 bridgehead atoms. The standard InChI is InChI=1S/C13H16N2O/c1-9(16)13(5-6-13)11-8-15(2)12-10(11)4-3-7-14-12/h3-4,7-9,16H,5-6H2,1-2H3. The van der Waals surface area contributed by atoms with Crippen LogP contribution in [0.15, 0.2) is 24.5 Å². The van der Waals surface area contributed by atoms with Gasteiger partial charge in [-0.1, -0.05) is 0 Å². The van der Waals surface area contributed by atoms with E-state index in [1.54, 1.807) is 0 Å². The summed E-state index contributed by atoms with van der Waals surface area (Å²) in [5.74, 6) is 0. The zero-order chi connectivity index (χ0) is 11.3. The second kappa shape index (κ2) is 3.08. The van der Waals surface area contributed by atoms with Gasteiger partial charge in [-0.2, -0.15) is 0 Å². The van der Waals surface area contributed by atoms with Crippen molar-refractivity contribution >= 4 is 11.0 Å². The summed E-state index contributed by atoms with van der Waals surface area (Å²) in [4.78, 5) is 4.38. The predicted molar refractivity (Wildman–Crippen MR) is 63.3 cm³/mol. The van der Waals surface area contributed by atoms with Gasteiger partial charge in [-0.3, -0.25) is 0 Å². The van der Waals surface area contributed by atoms with E-state index in [-0.39, 0.29) is 11.5 Å². The van der Waals surface area contributed by atoms with E-state index in [1.165, 1.54) is 10.9 Å². The molecule has 3 nitrogen and oxygen atoms in total. The minimum atomic E-state index is -0.279. The van der Waals surface area contributed by atoms with Crippen molar-refractivity contribution in [3.8, 4) is 0 Å². The molecule has 1 N–H and O–H groups in total. The minimum absolute atomic E-state index is 0.0114. The van der Waals surface area contributed by atoms with Crippen molar-refractivity contribution in [2.45, 2.75) is 31.3 Å². The first kappa shape index (κ1) is 9.85. The highest BCUT2D eigenvalue weighted by molar-refractivity contribution is 5.82. The molecule has 2 aromatic rings. The van der Waals surface area contributed by atoms with E-state index < -0.39 is 0 Å². The molecule has 1 unspecified atom stereocenters. The van der Waals surface area contributed by atoms with Crippen molar-refractivity contribution < 1.29 is 5.11 Å². The van der Waals surface area contributed by atoms with Crippen molar-refractivity contribution in [1.29, 1.82) is 0 Å². The summed E-state index contributed by atoms with van der Waals surface area (Å²) >= 11 is 0. The number of aliphatic hydroxyl groups is 1. The van der Waals surface area contributed by atoms with Crippen molar-refractivity contribution in [1.82, 2.24) is 9.55 Å². The van der Waals surface area contributed by atoms with Crippen LogP contribution in [0, 0.1) is 0 Å². The maximum absolute atomic E-state index is 9.94. The van der Waals surface area contributed by atoms with Gasteiger partial charge in [0.2, 0.25) is 0 Å². The Hall–Kier alpha value is -1.35. The van der Waals surface area contributed by atoms with Crippen LogP contribution >= 0.6 is 0 Å². The highest BCUT2D eigenvalue weighted by Crippen LogP contribution is 2.52. The molecule has 84 valence electrons. The number of nitrogens with zero attached hydrogens (tertiary/aromatic N) is 2. The first-order chi connectivity index (χ1) is 7.65. The van der Waals surface area contributed by atoms with Crippen LogP contribution in [0.25, 0.3) is 11.0 Å². The van der Waals surface area contributed by atoms with Gasteiger partial charge in [0.25, 0.3) is 0 Å². The average molecular weight is 216 g/mol. The van der Waals surface area contributed by atoms with Crippen LogP contribution in [0.4, 0.5) is 0 Å². The van der Waals surface area contributed by atoms with Crippen molar-refractivity contribution in [2.75, 3.05) is 0 Å². The van der Waals surface area contributed by atoms with E-state index in [2.05, 4.69) is 17.2 Å². The first-order valence-electron chi connectivity index (χ1n) is 5.74. The Labute approximate surface area is 94.7 Å². The van der Waals surface area contributed by atoms with Crippen LogP contribution in [0.1, 0.15) is 25.3 Å². The van der Waals surface area contributed by atoms with E-state index in [0.29, 0.717) is 0 Å². The molecule has 0 amide bonds. The van der Waals surface area contributed by atoms with Gasteiger partial charge < -0.3 is 9.67 Å². The van der Waals surface area contributed by atoms with Crippen LogP contribution in [0.3, 0.4) is 0 Å². The summed E-state index contributed by atoms with van der Waals surface area (Å²) in [5, 5.41) is 11.1. The minimum Gasteiger partial charge on any atom is -0.392 e. The van der Waals surface area contributed by atoms with Gasteiger partial charge in [-0.05, 0) is 37.5 Å². The zero-order valence-corrected chi connectivity index (χ0v) is 9.64. The molecule has 1 atom stereocenters. The van der Waals surface area contributed by atoms with Gasteiger partial charge in [0.05, 0.1) is 6.10 Å². The lowest BCUT2D eigenvalue weighted by atomic mass is 9.91. The van der Waals surface area contributed by atoms with Gasteiger partial charge in [0, 0.05) is 30.2 Å². The molecule has 16 heavy (non-hydrogen) atoms. The number of pyridine rings is 1. The number of aryl methyl sites for hydroxylation is 1. The topological polar surface area (TPSA) is 38.0 Å². The molecule has 1 fully saturated rings. The predicted octanol–water partition coefficient (Wildman–Crippen LogP) is 1.99. The Bertz CT molecular complexity index is 538. The van der Waals surface area contributed by atoms with E-state index in [1.807, 2.05) is 30.8 Å². The quantitative estimate of drug-likeness (QED) is 0.833. The summed E-state index contributed by atoms with van der Waals surface area (Å²) in [6.45, 7) is 1.89. The smallest absolute Gasteiger partial charge is 0.139 e. The Balaban J connectivity index is 2.25. The third-order valence-corrected chi connectivity index (χ3v) is 3.86. The third-order valence-electron chi connectivity index (χ3n) is 3.86. The van der Waals surface area contributed by atoms with E-state index in [4.69, 9.17) is 0 Å². The van der Waals surface area contributed by atoms with Crippen LogP contribution in [0.2, 0.25) is 0 Å². The first-order valence-corrected chi connectivity index (χ1v) is 5.74. The van der Waals surface area contributed by atoms with Gasteiger partial charge >= 0.3 is 0 Å². The number of fused-ring (bicyclic) bond motifs is 1. The van der Waals surface area contributed by atoms with Crippen molar-refractivity contribution in [3.05, 3.63) is 30.1 Å². The van der Waals surface area contributed by atoms with Crippen LogP contribution in [0.5, 0.6) is 0 Å². The molecule has 1 saturated carbocycles. The maximum Gasteiger partial charge on any atom is 0.139 e. The summed E-state index contributed by atoms with van der Waals surface area (Å²) in [6.07, 6.45) is 5.82. The van der Waals surface area contributed by atoms with Gasteiger partial charge in [0.15, 0.2) is 0 Å². The average Bonchev–Trinajstić information content (AvgIpc) is 3.01. The number of aliphatic hydroxyl groups excluding tert-OH is 1. The maximum atomic E-state index is 9.94. The fourth-order valence-corrected chi connectivity index (χ4v) is 2.66. The molecular formula is C13H16N2O. The lowest BCUT2D eigenvalue weighted by Gasteiger charge is -2.17. The van der Waals surface area contributed by atoms with Crippen molar-refractivity contribution in [3.63, 3.8) is 0 Å². The van der Waals surface area contributed by atoms with Gasteiger partial charge in [-0.15, -0.1) is 0 Å². The van der Waals surface area contributed by atoms with E-state index >= 15 is 0 Å². The Kier molecular flexibility index (Phi) is 1.89. The van der Waals surface area contributed by atoms with Crippen LogP contribution in [-0.2, 0) is 12.5 Å². The summed E-state index contributed by atoms with van der Waals surface area (Å²) in [7, 11) is 2.01. The molecule has 3 heteroatoms. The van der Waals surface area contributed by atoms with Gasteiger partial charge in [0.1, 0.15) is 5.65 Å². The second-order valence-corrected chi connectivity index (χ2v) is 4.86. The molecule has 2 aromatic heterocycles. The van der Waals surface area contributed by atoms with Gasteiger partial charge in [-0.25, -0.2) is 4.98 Å². The number of hydrogen-bond acceptors (Lipinski definition) is 2. The summed E-state index contributed by atoms with van der Waals surface area (Å²) < 4.78 is 2.05. The summed E-state index contributed by atoms with van der Waals surface area (Å²) in [6, 6.07) is 4.06. The second-order valence-electron chi connectivity index (χ2n) is 4.86. The zero-order valence-electron chi connectivity index (χ0n) is 9.64. The van der Waals surface area contributed by atoms with Crippen molar-refractivity contribution in [2.24, 2.45) is 7.05 Å². The molecule has 0 saturated heterocycles. The van der Waals surface area contributed by atoms with Crippen LogP contribution < -0.4 is 0 Å². The molecule has 0 aromatic carbocycles. The molecule has 0 radical (unpaired) electrons. The number of hydrogen-bond donors (Lipinski definition) is 1. The number of rotatable bonds is 2. The van der Waals surface area contributed by atoms with Crippen LogP contribution in [-0.4, -0.2) is 20.8 Å². The third kappa shape index (κ3) is 1.15. The van der Waals surface area contributed by atoms with E-state index in [9.17, 15) is 5.11 Å². The largest absolute Gasteiger partial charge is 0.392 e. The molecule has 1 aliphatic carbocycles. The normalized spacial score (nSPS) is 19.9. The lowest BCUT2D eigenvalue weighted by Crippen LogP contribution is -2.22. The SMILES string of the molecule is CC(O)C1(c2cn(C)c3ncccc23)CC1. The van der Waals surface area contributed by atoms with E-state index in [0.717, 1.165) is 18.5 Å². The molecule has 1 aliphatic rings. The Morgan fingerprint density at radius 3 is 2.88 bits per heavy atom. The lowest BCUT2D eigenvalue weighted by molar-refractivity contribution is 0.151. The Morgan fingerprint density at radius 1 is 1.50 bits per heavy atom. The fraction of sp³-hybridized carbons (Fsp3) is 0.462. The molecular weight excluding hydrogens is 200 g/mol. The molecule has 3 rings (SSSR count). The highest BCUT2D eigenvalue weighted by Gasteiger charge is 2.49.